The van der Waals surface area contributed by atoms with Gasteiger partial charge in [-0.3, -0.25) is 4.79 Å². The number of hydrogen-bond acceptors (Lipinski definition) is 5. The zero-order valence-corrected chi connectivity index (χ0v) is 9.42. The predicted molar refractivity (Wildman–Crippen MR) is 68.5 cm³/mol. The van der Waals surface area contributed by atoms with Crippen LogP contribution < -0.4 is 11.5 Å². The zero-order chi connectivity index (χ0) is 13.3. The van der Waals surface area contributed by atoms with E-state index in [1.165, 1.54) is 36.4 Å². The molecule has 2 rings (SSSR count). The van der Waals surface area contributed by atoms with E-state index in [2.05, 4.69) is 0 Å². The Morgan fingerprint density at radius 1 is 0.833 bits per heavy atom. The number of carbonyl (C=O) groups excluding carboxylic acids is 1. The Labute approximate surface area is 103 Å². The number of anilines is 2. The van der Waals surface area contributed by atoms with Gasteiger partial charge in [-0.1, -0.05) is 12.1 Å². The molecule has 0 atom stereocenters. The van der Waals surface area contributed by atoms with Gasteiger partial charge < -0.3 is 21.7 Å². The Bertz CT molecular complexity index is 570. The highest BCUT2D eigenvalue weighted by Gasteiger charge is 2.17. The van der Waals surface area contributed by atoms with Crippen molar-refractivity contribution in [2.75, 3.05) is 11.5 Å². The molecular weight excluding hydrogens is 232 g/mol. The maximum absolute atomic E-state index is 12.2. The van der Waals surface area contributed by atoms with E-state index in [0.717, 1.165) is 0 Å². The summed E-state index contributed by atoms with van der Waals surface area (Å²) in [5, 5.41) is 18.9. The van der Waals surface area contributed by atoms with Crippen molar-refractivity contribution >= 4 is 17.2 Å². The lowest BCUT2D eigenvalue weighted by Crippen LogP contribution is -2.08. The van der Waals surface area contributed by atoms with Crippen molar-refractivity contribution in [2.45, 2.75) is 0 Å². The zero-order valence-electron chi connectivity index (χ0n) is 9.42. The van der Waals surface area contributed by atoms with Gasteiger partial charge in [0.2, 0.25) is 0 Å². The second kappa shape index (κ2) is 4.29. The summed E-state index contributed by atoms with van der Waals surface area (Å²) in [5.41, 5.74) is 11.5. The number of para-hydroxylation sites is 2. The fourth-order valence-electron chi connectivity index (χ4n) is 1.65. The van der Waals surface area contributed by atoms with Gasteiger partial charge in [-0.25, -0.2) is 0 Å². The van der Waals surface area contributed by atoms with Crippen molar-refractivity contribution in [3.63, 3.8) is 0 Å². The van der Waals surface area contributed by atoms with E-state index in [1.54, 1.807) is 0 Å². The Hall–Kier alpha value is -2.69. The Morgan fingerprint density at radius 2 is 1.22 bits per heavy atom. The standard InChI is InChI=1S/C13H12N2O3/c14-11-7(3-1-5-9(11)16)13(18)8-4-2-6-10(17)12(8)15/h1-6,16-17H,14-15H2. The van der Waals surface area contributed by atoms with Gasteiger partial charge in [0.1, 0.15) is 11.5 Å². The van der Waals surface area contributed by atoms with Gasteiger partial charge >= 0.3 is 0 Å². The molecule has 18 heavy (non-hydrogen) atoms. The molecule has 0 aliphatic carbocycles. The molecule has 6 N–H and O–H groups in total. The average Bonchev–Trinajstić information content (AvgIpc) is 2.35. The summed E-state index contributed by atoms with van der Waals surface area (Å²) in [6.07, 6.45) is 0. The van der Waals surface area contributed by atoms with Crippen LogP contribution in [0.3, 0.4) is 0 Å². The number of hydrogen-bond donors (Lipinski definition) is 4. The molecule has 0 bridgehead atoms. The van der Waals surface area contributed by atoms with Crippen LogP contribution in [-0.4, -0.2) is 16.0 Å². The summed E-state index contributed by atoms with van der Waals surface area (Å²) in [7, 11) is 0. The smallest absolute Gasteiger partial charge is 0.197 e. The van der Waals surface area contributed by atoms with Gasteiger partial charge in [0.25, 0.3) is 0 Å². The molecular formula is C13H12N2O3. The molecule has 2 aromatic carbocycles. The summed E-state index contributed by atoms with van der Waals surface area (Å²) in [5.74, 6) is -0.782. The first kappa shape index (κ1) is 11.8. The van der Waals surface area contributed by atoms with Crippen molar-refractivity contribution in [2.24, 2.45) is 0 Å². The Morgan fingerprint density at radius 3 is 1.61 bits per heavy atom. The molecule has 0 aliphatic heterocycles. The minimum Gasteiger partial charge on any atom is -0.506 e. The minimum absolute atomic E-state index is 0.00903. The van der Waals surface area contributed by atoms with E-state index >= 15 is 0 Å². The first-order valence-corrected chi connectivity index (χ1v) is 5.22. The van der Waals surface area contributed by atoms with Gasteiger partial charge in [0.05, 0.1) is 11.4 Å². The molecule has 0 spiro atoms. The van der Waals surface area contributed by atoms with Gasteiger partial charge in [-0.15, -0.1) is 0 Å². The number of nitrogens with two attached hydrogens (primary N) is 2. The third-order valence-electron chi connectivity index (χ3n) is 2.66. The van der Waals surface area contributed by atoms with Crippen LogP contribution in [0.1, 0.15) is 15.9 Å². The molecule has 0 saturated carbocycles. The van der Waals surface area contributed by atoms with Crippen LogP contribution in [0.2, 0.25) is 0 Å². The number of nitrogen functional groups attached to an aromatic ring is 2. The molecule has 5 nitrogen and oxygen atoms in total. The number of phenolic OH excluding ortho intramolecular Hbond substituents is 2. The quantitative estimate of drug-likeness (QED) is 0.363. The highest BCUT2D eigenvalue weighted by Crippen LogP contribution is 2.30. The largest absolute Gasteiger partial charge is 0.506 e. The Kier molecular flexibility index (Phi) is 2.81. The second-order valence-electron chi connectivity index (χ2n) is 3.81. The van der Waals surface area contributed by atoms with E-state index in [0.29, 0.717) is 0 Å². The van der Waals surface area contributed by atoms with Gasteiger partial charge in [0, 0.05) is 11.1 Å². The monoisotopic (exact) mass is 244 g/mol. The molecule has 5 heteroatoms. The lowest BCUT2D eigenvalue weighted by Gasteiger charge is -2.09. The topological polar surface area (TPSA) is 110 Å². The molecule has 0 radical (unpaired) electrons. The van der Waals surface area contributed by atoms with E-state index in [4.69, 9.17) is 11.5 Å². The molecule has 0 heterocycles. The number of carbonyl (C=O) groups is 1. The molecule has 0 unspecified atom stereocenters. The Balaban J connectivity index is 2.55. The van der Waals surface area contributed by atoms with E-state index in [1.807, 2.05) is 0 Å². The van der Waals surface area contributed by atoms with Crippen molar-refractivity contribution in [1.82, 2.24) is 0 Å². The number of aromatic hydroxyl groups is 2. The van der Waals surface area contributed by atoms with Crippen LogP contribution in [0.5, 0.6) is 11.5 Å². The first-order valence-electron chi connectivity index (χ1n) is 5.22. The summed E-state index contributed by atoms with van der Waals surface area (Å²) >= 11 is 0. The van der Waals surface area contributed by atoms with Crippen LogP contribution in [-0.2, 0) is 0 Å². The lowest BCUT2D eigenvalue weighted by atomic mass is 9.99. The summed E-state index contributed by atoms with van der Waals surface area (Å²) in [4.78, 5) is 12.2. The van der Waals surface area contributed by atoms with Crippen LogP contribution in [0.15, 0.2) is 36.4 Å². The number of rotatable bonds is 2. The SMILES string of the molecule is Nc1c(O)cccc1C(=O)c1cccc(O)c1N. The third kappa shape index (κ3) is 1.82. The molecule has 0 aliphatic rings. The maximum atomic E-state index is 12.2. The van der Waals surface area contributed by atoms with Crippen LogP contribution in [0.4, 0.5) is 11.4 Å². The summed E-state index contributed by atoms with van der Waals surface area (Å²) < 4.78 is 0. The van der Waals surface area contributed by atoms with Crippen molar-refractivity contribution < 1.29 is 15.0 Å². The lowest BCUT2D eigenvalue weighted by molar-refractivity contribution is 0.104. The molecule has 0 aromatic heterocycles. The molecule has 2 aromatic rings. The predicted octanol–water partition coefficient (Wildman–Crippen LogP) is 1.49. The molecule has 0 fully saturated rings. The number of phenols is 2. The van der Waals surface area contributed by atoms with E-state index in [-0.39, 0.29) is 34.0 Å². The minimum atomic E-state index is -0.447. The molecule has 0 amide bonds. The number of ketones is 1. The average molecular weight is 244 g/mol. The van der Waals surface area contributed by atoms with Gasteiger partial charge in [0.15, 0.2) is 5.78 Å². The van der Waals surface area contributed by atoms with Crippen molar-refractivity contribution in [3.8, 4) is 11.5 Å². The fraction of sp³-hybridized carbons (Fsp3) is 0. The van der Waals surface area contributed by atoms with Gasteiger partial charge in [-0.05, 0) is 24.3 Å². The normalized spacial score (nSPS) is 10.2. The van der Waals surface area contributed by atoms with E-state index < -0.39 is 5.78 Å². The van der Waals surface area contributed by atoms with Gasteiger partial charge in [-0.2, -0.15) is 0 Å². The van der Waals surface area contributed by atoms with Crippen LogP contribution in [0.25, 0.3) is 0 Å². The number of benzene rings is 2. The summed E-state index contributed by atoms with van der Waals surface area (Å²) in [6, 6.07) is 8.77. The highest BCUT2D eigenvalue weighted by atomic mass is 16.3. The van der Waals surface area contributed by atoms with Crippen LogP contribution >= 0.6 is 0 Å². The van der Waals surface area contributed by atoms with Crippen LogP contribution in [0, 0.1) is 0 Å². The third-order valence-corrected chi connectivity index (χ3v) is 2.66. The van der Waals surface area contributed by atoms with Crippen molar-refractivity contribution in [3.05, 3.63) is 47.5 Å². The van der Waals surface area contributed by atoms with Crippen molar-refractivity contribution in [1.29, 1.82) is 0 Å². The highest BCUT2D eigenvalue weighted by molar-refractivity contribution is 6.15. The second-order valence-corrected chi connectivity index (χ2v) is 3.81. The molecule has 0 saturated heterocycles. The molecule has 92 valence electrons. The maximum Gasteiger partial charge on any atom is 0.197 e. The summed E-state index contributed by atoms with van der Waals surface area (Å²) in [6.45, 7) is 0. The fourth-order valence-corrected chi connectivity index (χ4v) is 1.65. The van der Waals surface area contributed by atoms with E-state index in [9.17, 15) is 15.0 Å². The first-order chi connectivity index (χ1) is 8.52.